The van der Waals surface area contributed by atoms with E-state index in [-0.39, 0.29) is 0 Å². The summed E-state index contributed by atoms with van der Waals surface area (Å²) in [6.07, 6.45) is 0.859. The van der Waals surface area contributed by atoms with E-state index >= 15 is 0 Å². The molecule has 1 unspecified atom stereocenters. The van der Waals surface area contributed by atoms with E-state index in [2.05, 4.69) is 25.8 Å². The minimum Gasteiger partial charge on any atom is -0.427 e. The van der Waals surface area contributed by atoms with Crippen LogP contribution in [0.4, 0.5) is 0 Å². The van der Waals surface area contributed by atoms with Crippen molar-refractivity contribution in [2.24, 2.45) is 5.10 Å². The number of nitrogens with zero attached hydrogens (tertiary/aromatic N) is 1. The maximum atomic E-state index is 5.13. The number of hydrogen-bond donors (Lipinski definition) is 1. The van der Waals surface area contributed by atoms with Gasteiger partial charge < -0.3 is 4.52 Å². The molecular weight excluding hydrogens is 191 g/mol. The Morgan fingerprint density at radius 1 is 2.00 bits per heavy atom. The smallest absolute Gasteiger partial charge is 0.281 e. The molecule has 0 spiro atoms. The molecule has 1 aliphatic heterocycles. The Hall–Kier alpha value is 0.180. The van der Waals surface area contributed by atoms with Crippen molar-refractivity contribution in [3.8, 4) is 0 Å². The zero-order valence-electron chi connectivity index (χ0n) is 4.39. The minimum atomic E-state index is -0.651. The highest BCUT2D eigenvalue weighted by Gasteiger charge is 2.13. The Labute approximate surface area is 57.1 Å². The van der Waals surface area contributed by atoms with Gasteiger partial charge in [0.25, 0.3) is 7.00 Å². The molecule has 5 heteroatoms. The molecule has 0 aromatic rings. The summed E-state index contributed by atoms with van der Waals surface area (Å²) >= 11 is 3.24. The molecule has 0 radical (unpaired) electrons. The Bertz CT molecular complexity index is 118. The second-order valence-corrected chi connectivity index (χ2v) is 4.10. The zero-order valence-corrected chi connectivity index (χ0v) is 6.87. The van der Waals surface area contributed by atoms with Gasteiger partial charge in [0.1, 0.15) is 0 Å². The van der Waals surface area contributed by atoms with Crippen LogP contribution in [0.3, 0.4) is 0 Å². The number of hydrogen-bond acceptors (Lipinski definition) is 3. The van der Waals surface area contributed by atoms with E-state index in [4.69, 9.17) is 4.52 Å². The summed E-state index contributed by atoms with van der Waals surface area (Å²) in [5.41, 5.74) is 0. The topological polar surface area (TPSA) is 33.6 Å². The molecule has 0 amide bonds. The lowest BCUT2D eigenvalue weighted by Crippen LogP contribution is -1.89. The van der Waals surface area contributed by atoms with Gasteiger partial charge in [-0.05, 0) is 0 Å². The van der Waals surface area contributed by atoms with E-state index in [1.54, 1.807) is 0 Å². The lowest BCUT2D eigenvalue weighted by atomic mass is 10.5. The van der Waals surface area contributed by atoms with E-state index < -0.39 is 7.00 Å². The first-order chi connectivity index (χ1) is 3.83. The van der Waals surface area contributed by atoms with Crippen LogP contribution < -0.4 is 5.20 Å². The number of hydrazone groups is 1. The molecule has 1 aliphatic rings. The van der Waals surface area contributed by atoms with Crippen LogP contribution in [0.15, 0.2) is 5.10 Å². The predicted octanol–water partition coefficient (Wildman–Crippen LogP) is 1.95. The molecule has 46 valence electrons. The van der Waals surface area contributed by atoms with Gasteiger partial charge in [-0.3, -0.25) is 0 Å². The second kappa shape index (κ2) is 2.65. The van der Waals surface area contributed by atoms with Gasteiger partial charge in [0.05, 0.1) is 0 Å². The average molecular weight is 197 g/mol. The summed E-state index contributed by atoms with van der Waals surface area (Å²) in [7, 11) is -0.651. The Kier molecular flexibility index (Phi) is 2.08. The van der Waals surface area contributed by atoms with Crippen molar-refractivity contribution in [3.05, 3.63) is 0 Å². The lowest BCUT2D eigenvalue weighted by Gasteiger charge is -1.96. The molecular formula is C3H6BrN2OP. The van der Waals surface area contributed by atoms with Crippen LogP contribution in [0.2, 0.25) is 0 Å². The van der Waals surface area contributed by atoms with Crippen LogP contribution in [0, 0.1) is 0 Å². The van der Waals surface area contributed by atoms with Crippen molar-refractivity contribution >= 4 is 28.4 Å². The first-order valence-corrected chi connectivity index (χ1v) is 5.57. The molecule has 0 fully saturated rings. The minimum absolute atomic E-state index is 0.651. The fourth-order valence-corrected chi connectivity index (χ4v) is 1.70. The first-order valence-electron chi connectivity index (χ1n) is 2.29. The maximum Gasteiger partial charge on any atom is 0.281 e. The number of nitrogens with one attached hydrogen (secondary N) is 1. The van der Waals surface area contributed by atoms with Gasteiger partial charge in [-0.25, -0.2) is 5.20 Å². The zero-order chi connectivity index (χ0) is 5.98. The molecule has 0 saturated heterocycles. The van der Waals surface area contributed by atoms with Crippen LogP contribution >= 0.6 is 22.5 Å². The molecule has 1 rings (SSSR count). The van der Waals surface area contributed by atoms with Crippen molar-refractivity contribution in [2.75, 3.05) is 0 Å². The van der Waals surface area contributed by atoms with Gasteiger partial charge in [-0.1, -0.05) is 6.92 Å². The SMILES string of the molecule is CCC1=NNP(Br)O1. The van der Waals surface area contributed by atoms with Crippen molar-refractivity contribution in [2.45, 2.75) is 13.3 Å². The van der Waals surface area contributed by atoms with Gasteiger partial charge in [-0.15, -0.1) is 5.10 Å². The molecule has 0 aromatic carbocycles. The van der Waals surface area contributed by atoms with Crippen LogP contribution in [0.5, 0.6) is 0 Å². The Morgan fingerprint density at radius 2 is 2.75 bits per heavy atom. The fourth-order valence-electron chi connectivity index (χ4n) is 0.372. The van der Waals surface area contributed by atoms with Crippen molar-refractivity contribution < 1.29 is 4.52 Å². The lowest BCUT2D eigenvalue weighted by molar-refractivity contribution is 0.624. The number of rotatable bonds is 1. The average Bonchev–Trinajstić information content (AvgIpc) is 2.14. The monoisotopic (exact) mass is 196 g/mol. The normalized spacial score (nSPS) is 26.2. The van der Waals surface area contributed by atoms with E-state index in [1.807, 2.05) is 6.92 Å². The second-order valence-electron chi connectivity index (χ2n) is 1.30. The molecule has 1 N–H and O–H groups in total. The molecule has 8 heavy (non-hydrogen) atoms. The molecule has 0 aromatic heterocycles. The summed E-state index contributed by atoms with van der Waals surface area (Å²) < 4.78 is 5.13. The third-order valence-electron chi connectivity index (χ3n) is 0.741. The highest BCUT2D eigenvalue weighted by atomic mass is 79.9. The van der Waals surface area contributed by atoms with Crippen LogP contribution in [0.1, 0.15) is 13.3 Å². The quantitative estimate of drug-likeness (QED) is 0.651. The molecule has 0 saturated carbocycles. The standard InChI is InChI=1S/C3H6BrN2OP/c1-2-3-5-6-8(4)7-3/h6H,2H2,1H3. The Morgan fingerprint density at radius 3 is 3.00 bits per heavy atom. The summed E-state index contributed by atoms with van der Waals surface area (Å²) in [4.78, 5) is 0. The van der Waals surface area contributed by atoms with E-state index in [9.17, 15) is 0 Å². The van der Waals surface area contributed by atoms with Gasteiger partial charge in [0.2, 0.25) is 5.90 Å². The van der Waals surface area contributed by atoms with Crippen LogP contribution in [-0.4, -0.2) is 5.90 Å². The fraction of sp³-hybridized carbons (Fsp3) is 0.667. The molecule has 3 nitrogen and oxygen atoms in total. The largest absolute Gasteiger partial charge is 0.427 e. The third kappa shape index (κ3) is 1.33. The van der Waals surface area contributed by atoms with Crippen molar-refractivity contribution in [3.63, 3.8) is 0 Å². The first kappa shape index (κ1) is 6.30. The maximum absolute atomic E-state index is 5.13. The van der Waals surface area contributed by atoms with Gasteiger partial charge in [-0.2, -0.15) is 0 Å². The summed E-state index contributed by atoms with van der Waals surface area (Å²) in [5.74, 6) is 0.785. The van der Waals surface area contributed by atoms with E-state index in [0.29, 0.717) is 0 Å². The highest BCUT2D eigenvalue weighted by Crippen LogP contribution is 2.44. The van der Waals surface area contributed by atoms with Crippen LogP contribution in [-0.2, 0) is 4.52 Å². The molecule has 0 aliphatic carbocycles. The van der Waals surface area contributed by atoms with Gasteiger partial charge >= 0.3 is 0 Å². The number of halogens is 1. The summed E-state index contributed by atoms with van der Waals surface area (Å²) in [5, 5.41) is 6.63. The molecule has 1 heterocycles. The van der Waals surface area contributed by atoms with Crippen molar-refractivity contribution in [1.29, 1.82) is 0 Å². The van der Waals surface area contributed by atoms with Crippen molar-refractivity contribution in [1.82, 2.24) is 5.20 Å². The predicted molar refractivity (Wildman–Crippen MR) is 37.8 cm³/mol. The highest BCUT2D eigenvalue weighted by molar-refractivity contribution is 9.38. The van der Waals surface area contributed by atoms with E-state index in [1.165, 1.54) is 0 Å². The molecule has 1 atom stereocenters. The summed E-state index contributed by atoms with van der Waals surface area (Å²) in [6.45, 7) is 2.00. The van der Waals surface area contributed by atoms with E-state index in [0.717, 1.165) is 12.3 Å². The Balaban J connectivity index is 2.37. The van der Waals surface area contributed by atoms with Gasteiger partial charge in [0.15, 0.2) is 0 Å². The summed E-state index contributed by atoms with van der Waals surface area (Å²) in [6, 6.07) is 0. The van der Waals surface area contributed by atoms with Crippen LogP contribution in [0.25, 0.3) is 0 Å². The third-order valence-corrected chi connectivity index (χ3v) is 2.28. The van der Waals surface area contributed by atoms with Gasteiger partial charge in [0, 0.05) is 21.9 Å². The molecule has 0 bridgehead atoms.